The average molecular weight is 547 g/mol. The molecule has 0 bridgehead atoms. The molecule has 208 valence electrons. The summed E-state index contributed by atoms with van der Waals surface area (Å²) in [6.45, 7) is 0.279. The normalized spacial score (nSPS) is 15.3. The number of hydrogen-bond donors (Lipinski definition) is 3. The molecule has 0 aliphatic carbocycles. The molecule has 3 aromatic rings. The number of anilines is 1. The van der Waals surface area contributed by atoms with Crippen molar-refractivity contribution < 1.29 is 33.8 Å². The van der Waals surface area contributed by atoms with Gasteiger partial charge in [0.1, 0.15) is 17.6 Å². The highest BCUT2D eigenvalue weighted by Crippen LogP contribution is 2.23. The summed E-state index contributed by atoms with van der Waals surface area (Å²) in [5.74, 6) is -1.86. The van der Waals surface area contributed by atoms with Crippen molar-refractivity contribution in [3.8, 4) is 11.8 Å². The second-order valence-corrected chi connectivity index (χ2v) is 9.23. The van der Waals surface area contributed by atoms with Gasteiger partial charge in [0, 0.05) is 31.1 Å². The first kappa shape index (κ1) is 28.1. The van der Waals surface area contributed by atoms with Crippen LogP contribution in [0.4, 0.5) is 5.69 Å². The Balaban J connectivity index is 1.38. The van der Waals surface area contributed by atoms with E-state index < -0.39 is 29.9 Å². The highest BCUT2D eigenvalue weighted by atomic mass is 16.5. The van der Waals surface area contributed by atoms with Crippen LogP contribution in [0, 0.1) is 0 Å². The standard InChI is InChI=1S/C29H30N4O7/c1-39-24-14-12-21(28(32-24)40-2)26(35)30-20-10-8-18(9-11-20)16-22(29(37)38)31-27(36)23-13-15-25(34)33(23)17-19-6-4-3-5-7-19/h3-12,14,22-23H,13,15-17H2,1-2H3,(H,30,35)(H,31,36)(H,37,38)/t22-,23-/m0/s1. The highest BCUT2D eigenvalue weighted by molar-refractivity contribution is 6.05. The first-order valence-electron chi connectivity index (χ1n) is 12.6. The summed E-state index contributed by atoms with van der Waals surface area (Å²) in [6.07, 6.45) is 0.575. The summed E-state index contributed by atoms with van der Waals surface area (Å²) in [6, 6.07) is 17.1. The van der Waals surface area contributed by atoms with Crippen LogP contribution < -0.4 is 20.1 Å². The molecule has 1 aliphatic heterocycles. The van der Waals surface area contributed by atoms with Crippen molar-refractivity contribution in [3.05, 3.63) is 83.4 Å². The van der Waals surface area contributed by atoms with Crippen LogP contribution >= 0.6 is 0 Å². The van der Waals surface area contributed by atoms with Crippen molar-refractivity contribution in [2.24, 2.45) is 0 Å². The third kappa shape index (κ3) is 6.73. The van der Waals surface area contributed by atoms with Crippen molar-refractivity contribution in [1.82, 2.24) is 15.2 Å². The van der Waals surface area contributed by atoms with E-state index in [1.807, 2.05) is 30.3 Å². The van der Waals surface area contributed by atoms with E-state index in [-0.39, 0.29) is 36.7 Å². The molecule has 1 saturated heterocycles. The Labute approximate surface area is 231 Å². The number of pyridine rings is 1. The zero-order chi connectivity index (χ0) is 28.6. The average Bonchev–Trinajstić information content (AvgIpc) is 3.33. The number of hydrogen-bond acceptors (Lipinski definition) is 7. The van der Waals surface area contributed by atoms with Crippen molar-refractivity contribution in [2.45, 2.75) is 37.9 Å². The number of likely N-dealkylation sites (tertiary alicyclic amines) is 1. The van der Waals surface area contributed by atoms with E-state index in [4.69, 9.17) is 9.47 Å². The van der Waals surface area contributed by atoms with Gasteiger partial charge in [-0.15, -0.1) is 0 Å². The number of methoxy groups -OCH3 is 2. The molecule has 0 saturated carbocycles. The Hall–Kier alpha value is -4.93. The summed E-state index contributed by atoms with van der Waals surface area (Å²) in [5, 5.41) is 15.1. The lowest BCUT2D eigenvalue weighted by molar-refractivity contribution is -0.143. The van der Waals surface area contributed by atoms with Gasteiger partial charge in [-0.05, 0) is 35.7 Å². The lowest BCUT2D eigenvalue weighted by atomic mass is 10.0. The summed E-state index contributed by atoms with van der Waals surface area (Å²) in [7, 11) is 2.86. The second-order valence-electron chi connectivity index (χ2n) is 9.23. The van der Waals surface area contributed by atoms with Gasteiger partial charge in [0.15, 0.2) is 0 Å². The molecule has 11 nitrogen and oxygen atoms in total. The maximum atomic E-state index is 13.1. The van der Waals surface area contributed by atoms with Crippen LogP contribution in [0.15, 0.2) is 66.7 Å². The Morgan fingerprint density at radius 2 is 1.73 bits per heavy atom. The van der Waals surface area contributed by atoms with Gasteiger partial charge in [0.25, 0.3) is 5.91 Å². The van der Waals surface area contributed by atoms with Gasteiger partial charge >= 0.3 is 5.97 Å². The minimum atomic E-state index is -1.20. The minimum Gasteiger partial charge on any atom is -0.481 e. The number of carbonyl (C=O) groups is 4. The van der Waals surface area contributed by atoms with Crippen LogP contribution in [0.5, 0.6) is 11.8 Å². The van der Waals surface area contributed by atoms with E-state index >= 15 is 0 Å². The zero-order valence-corrected chi connectivity index (χ0v) is 22.1. The van der Waals surface area contributed by atoms with Crippen LogP contribution in [-0.2, 0) is 27.3 Å². The molecule has 1 fully saturated rings. The first-order valence-corrected chi connectivity index (χ1v) is 12.6. The molecule has 4 rings (SSSR count). The van der Waals surface area contributed by atoms with Crippen molar-refractivity contribution >= 4 is 29.4 Å². The third-order valence-corrected chi connectivity index (χ3v) is 6.57. The maximum absolute atomic E-state index is 13.1. The molecule has 3 N–H and O–H groups in total. The largest absolute Gasteiger partial charge is 0.481 e. The molecular weight excluding hydrogens is 516 g/mol. The van der Waals surface area contributed by atoms with E-state index in [9.17, 15) is 24.3 Å². The van der Waals surface area contributed by atoms with E-state index in [1.54, 1.807) is 30.3 Å². The molecule has 3 amide bonds. The highest BCUT2D eigenvalue weighted by Gasteiger charge is 2.37. The molecule has 1 aliphatic rings. The van der Waals surface area contributed by atoms with Gasteiger partial charge in [0.2, 0.25) is 23.6 Å². The van der Waals surface area contributed by atoms with Gasteiger partial charge in [-0.2, -0.15) is 4.98 Å². The Morgan fingerprint density at radius 3 is 2.38 bits per heavy atom. The zero-order valence-electron chi connectivity index (χ0n) is 22.1. The number of nitrogens with zero attached hydrogens (tertiary/aromatic N) is 2. The number of carboxylic acid groups (broad SMARTS) is 1. The summed E-state index contributed by atoms with van der Waals surface area (Å²) < 4.78 is 10.2. The molecule has 0 unspecified atom stereocenters. The topological polar surface area (TPSA) is 147 Å². The van der Waals surface area contributed by atoms with Crippen molar-refractivity contribution in [3.63, 3.8) is 0 Å². The quantitative estimate of drug-likeness (QED) is 0.333. The van der Waals surface area contributed by atoms with E-state index in [1.165, 1.54) is 25.2 Å². The number of aromatic nitrogens is 1. The van der Waals surface area contributed by atoms with Gasteiger partial charge in [-0.25, -0.2) is 4.79 Å². The Morgan fingerprint density at radius 1 is 1.00 bits per heavy atom. The van der Waals surface area contributed by atoms with E-state index in [0.717, 1.165) is 5.56 Å². The Kier molecular flexibility index (Phi) is 8.95. The van der Waals surface area contributed by atoms with Crippen LogP contribution in [0.3, 0.4) is 0 Å². The first-order chi connectivity index (χ1) is 19.3. The minimum absolute atomic E-state index is 0.0187. The molecule has 1 aromatic heterocycles. The van der Waals surface area contributed by atoms with Gasteiger partial charge in [-0.3, -0.25) is 14.4 Å². The molecule has 0 spiro atoms. The molecule has 2 heterocycles. The SMILES string of the molecule is COc1ccc(C(=O)Nc2ccc(C[C@H](NC(=O)[C@@H]3CCC(=O)N3Cc3ccccc3)C(=O)O)cc2)c(OC)n1. The number of ether oxygens (including phenoxy) is 2. The summed E-state index contributed by atoms with van der Waals surface area (Å²) >= 11 is 0. The fraction of sp³-hybridized carbons (Fsp3) is 0.276. The number of nitrogens with one attached hydrogen (secondary N) is 2. The molecule has 2 aromatic carbocycles. The number of aliphatic carboxylic acids is 1. The summed E-state index contributed by atoms with van der Waals surface area (Å²) in [4.78, 5) is 55.8. The molecule has 11 heteroatoms. The number of rotatable bonds is 11. The second kappa shape index (κ2) is 12.7. The number of amides is 3. The predicted octanol–water partition coefficient (Wildman–Crippen LogP) is 2.65. The number of benzene rings is 2. The molecular formula is C29H30N4O7. The monoisotopic (exact) mass is 546 g/mol. The van der Waals surface area contributed by atoms with E-state index in [0.29, 0.717) is 23.6 Å². The lowest BCUT2D eigenvalue weighted by Crippen LogP contribution is -2.50. The van der Waals surface area contributed by atoms with Gasteiger partial charge < -0.3 is 30.1 Å². The van der Waals surface area contributed by atoms with Crippen LogP contribution in [0.25, 0.3) is 0 Å². The van der Waals surface area contributed by atoms with Gasteiger partial charge in [-0.1, -0.05) is 42.5 Å². The molecule has 2 atom stereocenters. The van der Waals surface area contributed by atoms with Crippen molar-refractivity contribution in [2.75, 3.05) is 19.5 Å². The fourth-order valence-electron chi connectivity index (χ4n) is 4.48. The number of carboxylic acids is 1. The van der Waals surface area contributed by atoms with Crippen LogP contribution in [0.2, 0.25) is 0 Å². The Bertz CT molecular complexity index is 1380. The summed E-state index contributed by atoms with van der Waals surface area (Å²) in [5.41, 5.74) is 2.22. The number of carbonyl (C=O) groups excluding carboxylic acids is 3. The van der Waals surface area contributed by atoms with Crippen LogP contribution in [-0.4, -0.2) is 65.0 Å². The van der Waals surface area contributed by atoms with Gasteiger partial charge in [0.05, 0.1) is 14.2 Å². The molecule has 40 heavy (non-hydrogen) atoms. The fourth-order valence-corrected chi connectivity index (χ4v) is 4.48. The lowest BCUT2D eigenvalue weighted by Gasteiger charge is -2.26. The smallest absolute Gasteiger partial charge is 0.326 e. The molecule has 0 radical (unpaired) electrons. The van der Waals surface area contributed by atoms with Crippen molar-refractivity contribution in [1.29, 1.82) is 0 Å². The van der Waals surface area contributed by atoms with Crippen LogP contribution in [0.1, 0.15) is 34.3 Å². The van der Waals surface area contributed by atoms with E-state index in [2.05, 4.69) is 15.6 Å². The predicted molar refractivity (Wildman–Crippen MR) is 145 cm³/mol. The third-order valence-electron chi connectivity index (χ3n) is 6.57. The maximum Gasteiger partial charge on any atom is 0.326 e.